The lowest BCUT2D eigenvalue weighted by molar-refractivity contribution is -0.134. The molecule has 2 fully saturated rings. The minimum Gasteiger partial charge on any atom is -0.379 e. The van der Waals surface area contributed by atoms with Crippen molar-refractivity contribution in [3.8, 4) is 0 Å². The zero-order valence-corrected chi connectivity index (χ0v) is 17.0. The van der Waals surface area contributed by atoms with Crippen LogP contribution in [0.1, 0.15) is 28.8 Å². The van der Waals surface area contributed by atoms with Crippen LogP contribution in [0, 0.1) is 5.92 Å². The van der Waals surface area contributed by atoms with E-state index in [4.69, 9.17) is 4.74 Å². The second-order valence-electron chi connectivity index (χ2n) is 7.75. The molecule has 0 bridgehead atoms. The molecule has 0 aromatic heterocycles. The third kappa shape index (κ3) is 5.42. The van der Waals surface area contributed by atoms with E-state index in [1.54, 1.807) is 19.0 Å². The van der Waals surface area contributed by atoms with Crippen LogP contribution in [-0.2, 0) is 9.53 Å². The maximum absolute atomic E-state index is 12.5. The fraction of sp³-hybridized carbons (Fsp3) is 0.545. The number of morpholine rings is 1. The predicted molar refractivity (Wildman–Crippen MR) is 110 cm³/mol. The molecule has 0 atom stereocenters. The number of ether oxygens (including phenoxy) is 1. The minimum atomic E-state index is 0.0174. The van der Waals surface area contributed by atoms with E-state index < -0.39 is 0 Å². The lowest BCUT2D eigenvalue weighted by Gasteiger charge is -2.33. The van der Waals surface area contributed by atoms with Gasteiger partial charge in [0.1, 0.15) is 0 Å². The van der Waals surface area contributed by atoms with Crippen molar-refractivity contribution in [3.05, 3.63) is 41.5 Å². The van der Waals surface area contributed by atoms with Crippen molar-refractivity contribution in [1.82, 2.24) is 14.7 Å². The van der Waals surface area contributed by atoms with E-state index in [-0.39, 0.29) is 11.8 Å². The van der Waals surface area contributed by atoms with Gasteiger partial charge in [-0.05, 0) is 30.4 Å². The Hall–Kier alpha value is -2.18. The number of nitrogens with zero attached hydrogens (tertiary/aromatic N) is 3. The predicted octanol–water partition coefficient (Wildman–Crippen LogP) is 1.97. The van der Waals surface area contributed by atoms with Gasteiger partial charge in [-0.1, -0.05) is 30.4 Å². The summed E-state index contributed by atoms with van der Waals surface area (Å²) in [4.78, 5) is 30.6. The van der Waals surface area contributed by atoms with Crippen molar-refractivity contribution >= 4 is 17.9 Å². The number of benzene rings is 1. The number of likely N-dealkylation sites (tertiary alicyclic amines) is 1. The van der Waals surface area contributed by atoms with E-state index in [1.165, 1.54) is 0 Å². The van der Waals surface area contributed by atoms with Gasteiger partial charge in [0.2, 0.25) is 5.91 Å². The zero-order chi connectivity index (χ0) is 19.9. The minimum absolute atomic E-state index is 0.0174. The van der Waals surface area contributed by atoms with E-state index in [0.29, 0.717) is 12.5 Å². The number of allylic oxidation sites excluding steroid dienone is 1. The van der Waals surface area contributed by atoms with Crippen LogP contribution in [0.4, 0.5) is 0 Å². The van der Waals surface area contributed by atoms with Gasteiger partial charge >= 0.3 is 0 Å². The van der Waals surface area contributed by atoms with Crippen LogP contribution in [0.5, 0.6) is 0 Å². The van der Waals surface area contributed by atoms with Crippen molar-refractivity contribution < 1.29 is 14.3 Å². The van der Waals surface area contributed by atoms with E-state index in [9.17, 15) is 9.59 Å². The average molecular weight is 386 g/mol. The van der Waals surface area contributed by atoms with Crippen LogP contribution in [0.3, 0.4) is 0 Å². The standard InChI is InChI=1S/C22H31N3O3/c1-23(2)22(27)20-6-4-3-5-19(20)8-7-18-9-11-25(12-10-18)21(26)17-24-13-15-28-16-14-24/h3-8,18H,9-17H2,1-2H3. The Morgan fingerprint density at radius 1 is 1.11 bits per heavy atom. The molecule has 0 radical (unpaired) electrons. The van der Waals surface area contributed by atoms with Crippen LogP contribution < -0.4 is 0 Å². The number of hydrogen-bond acceptors (Lipinski definition) is 4. The molecule has 28 heavy (non-hydrogen) atoms. The van der Waals surface area contributed by atoms with Gasteiger partial charge in [-0.15, -0.1) is 0 Å². The summed E-state index contributed by atoms with van der Waals surface area (Å²) in [5, 5.41) is 0. The highest BCUT2D eigenvalue weighted by molar-refractivity contribution is 5.97. The van der Waals surface area contributed by atoms with Crippen molar-refractivity contribution in [2.45, 2.75) is 12.8 Å². The molecule has 0 spiro atoms. The molecule has 3 rings (SSSR count). The summed E-state index contributed by atoms with van der Waals surface area (Å²) in [7, 11) is 3.54. The maximum Gasteiger partial charge on any atom is 0.253 e. The first-order chi connectivity index (χ1) is 13.5. The maximum atomic E-state index is 12.5. The Bertz CT molecular complexity index is 703. The van der Waals surface area contributed by atoms with Gasteiger partial charge < -0.3 is 14.5 Å². The number of amides is 2. The van der Waals surface area contributed by atoms with Crippen LogP contribution in [-0.4, -0.2) is 86.5 Å². The summed E-state index contributed by atoms with van der Waals surface area (Å²) in [5.41, 5.74) is 1.67. The first kappa shape index (κ1) is 20.6. The summed E-state index contributed by atoms with van der Waals surface area (Å²) in [6.07, 6.45) is 6.20. The summed E-state index contributed by atoms with van der Waals surface area (Å²) >= 11 is 0. The normalized spacial score (nSPS) is 19.1. The van der Waals surface area contributed by atoms with Crippen molar-refractivity contribution in [3.63, 3.8) is 0 Å². The van der Waals surface area contributed by atoms with Crippen molar-refractivity contribution in [1.29, 1.82) is 0 Å². The molecule has 0 saturated carbocycles. The lowest BCUT2D eigenvalue weighted by atomic mass is 9.94. The van der Waals surface area contributed by atoms with Gasteiger partial charge in [0, 0.05) is 45.8 Å². The molecule has 2 aliphatic heterocycles. The Morgan fingerprint density at radius 3 is 2.46 bits per heavy atom. The highest BCUT2D eigenvalue weighted by Gasteiger charge is 2.23. The molecule has 0 N–H and O–H groups in total. The molecule has 6 heteroatoms. The SMILES string of the molecule is CN(C)C(=O)c1ccccc1C=CC1CCN(C(=O)CN2CCOCC2)CC1. The number of carbonyl (C=O) groups is 2. The molecule has 2 heterocycles. The fourth-order valence-corrected chi connectivity index (χ4v) is 3.71. The van der Waals surface area contributed by atoms with Crippen LogP contribution in [0.25, 0.3) is 6.08 Å². The van der Waals surface area contributed by atoms with Crippen LogP contribution in [0.15, 0.2) is 30.3 Å². The second-order valence-corrected chi connectivity index (χ2v) is 7.75. The molecule has 152 valence electrons. The molecule has 1 aromatic rings. The second kappa shape index (κ2) is 9.85. The zero-order valence-electron chi connectivity index (χ0n) is 17.0. The monoisotopic (exact) mass is 385 g/mol. The first-order valence-corrected chi connectivity index (χ1v) is 10.1. The molecule has 1 aromatic carbocycles. The largest absolute Gasteiger partial charge is 0.379 e. The van der Waals surface area contributed by atoms with Crippen molar-refractivity contribution in [2.24, 2.45) is 5.92 Å². The van der Waals surface area contributed by atoms with E-state index in [2.05, 4.69) is 17.1 Å². The van der Waals surface area contributed by atoms with Gasteiger partial charge in [-0.3, -0.25) is 14.5 Å². The summed E-state index contributed by atoms with van der Waals surface area (Å²) in [6.45, 7) is 5.23. The van der Waals surface area contributed by atoms with Gasteiger partial charge in [0.15, 0.2) is 0 Å². The quantitative estimate of drug-likeness (QED) is 0.778. The average Bonchev–Trinajstić information content (AvgIpc) is 2.73. The van der Waals surface area contributed by atoms with Crippen molar-refractivity contribution in [2.75, 3.05) is 60.0 Å². The molecule has 2 saturated heterocycles. The first-order valence-electron chi connectivity index (χ1n) is 10.1. The highest BCUT2D eigenvalue weighted by atomic mass is 16.5. The molecule has 2 amide bonds. The molecule has 0 aliphatic carbocycles. The lowest BCUT2D eigenvalue weighted by Crippen LogP contribution is -2.46. The molecule has 0 unspecified atom stereocenters. The Morgan fingerprint density at radius 2 is 1.79 bits per heavy atom. The summed E-state index contributed by atoms with van der Waals surface area (Å²) in [5.74, 6) is 0.685. The Labute approximate surface area is 167 Å². The third-order valence-corrected chi connectivity index (χ3v) is 5.50. The molecule has 2 aliphatic rings. The molecular weight excluding hydrogens is 354 g/mol. The van der Waals surface area contributed by atoms with Gasteiger partial charge in [-0.2, -0.15) is 0 Å². The van der Waals surface area contributed by atoms with E-state index in [0.717, 1.165) is 63.4 Å². The Balaban J connectivity index is 1.52. The Kier molecular flexibility index (Phi) is 7.23. The molecule has 6 nitrogen and oxygen atoms in total. The van der Waals surface area contributed by atoms with Crippen LogP contribution in [0.2, 0.25) is 0 Å². The van der Waals surface area contributed by atoms with E-state index in [1.807, 2.05) is 29.2 Å². The fourth-order valence-electron chi connectivity index (χ4n) is 3.71. The van der Waals surface area contributed by atoms with Gasteiger partial charge in [-0.25, -0.2) is 0 Å². The third-order valence-electron chi connectivity index (χ3n) is 5.50. The number of piperidine rings is 1. The number of carbonyl (C=O) groups excluding carboxylic acids is 2. The molecular formula is C22H31N3O3. The van der Waals surface area contributed by atoms with Crippen LogP contribution >= 0.6 is 0 Å². The topological polar surface area (TPSA) is 53.1 Å². The number of rotatable bonds is 5. The highest BCUT2D eigenvalue weighted by Crippen LogP contribution is 2.21. The smallest absolute Gasteiger partial charge is 0.253 e. The van der Waals surface area contributed by atoms with E-state index >= 15 is 0 Å². The summed E-state index contributed by atoms with van der Waals surface area (Å²) < 4.78 is 5.34. The number of hydrogen-bond donors (Lipinski definition) is 0. The van der Waals surface area contributed by atoms with Gasteiger partial charge in [0.05, 0.1) is 19.8 Å². The summed E-state index contributed by atoms with van der Waals surface area (Å²) in [6, 6.07) is 7.70. The van der Waals surface area contributed by atoms with Gasteiger partial charge in [0.25, 0.3) is 5.91 Å².